The maximum atomic E-state index is 13.4. The summed E-state index contributed by atoms with van der Waals surface area (Å²) in [5.41, 5.74) is 0.475. The third kappa shape index (κ3) is 1.26. The summed E-state index contributed by atoms with van der Waals surface area (Å²) in [6.45, 7) is 0. The first-order chi connectivity index (χ1) is 7.66. The summed E-state index contributed by atoms with van der Waals surface area (Å²) in [6.07, 6.45) is 1.91. The molecule has 1 fully saturated rings. The molecule has 1 aliphatic rings. The van der Waals surface area contributed by atoms with Gasteiger partial charge >= 0.3 is 0 Å². The van der Waals surface area contributed by atoms with Gasteiger partial charge in [-0.15, -0.1) is 5.10 Å². The number of rotatable bonds is 2. The number of nitro benzene ring substituents is 1. The topological polar surface area (TPSA) is 61.0 Å². The number of nitrogens with zero attached hydrogens (tertiary/aromatic N) is 3. The molecule has 0 saturated heterocycles. The molecular weight excluding hydrogens is 213 g/mol. The Hall–Kier alpha value is -1.98. The molecule has 2 aromatic rings. The minimum Gasteiger partial charge on any atom is -0.259 e. The Morgan fingerprint density at radius 2 is 2.25 bits per heavy atom. The van der Waals surface area contributed by atoms with Crippen molar-refractivity contribution in [1.82, 2.24) is 9.78 Å². The molecule has 3 rings (SSSR count). The average Bonchev–Trinajstić information content (AvgIpc) is 3.04. The van der Waals surface area contributed by atoms with Gasteiger partial charge < -0.3 is 0 Å². The highest BCUT2D eigenvalue weighted by Gasteiger charge is 2.28. The van der Waals surface area contributed by atoms with Crippen molar-refractivity contribution < 1.29 is 9.31 Å². The SMILES string of the molecule is O=[N+]([O-])c1ccc2c(F)nn(C3CC3)c2c1. The van der Waals surface area contributed by atoms with Gasteiger partial charge in [0.15, 0.2) is 0 Å². The molecule has 0 spiro atoms. The Balaban J connectivity index is 2.26. The van der Waals surface area contributed by atoms with Crippen molar-refractivity contribution in [3.63, 3.8) is 0 Å². The molecule has 0 radical (unpaired) electrons. The molecule has 82 valence electrons. The Kier molecular flexibility index (Phi) is 1.74. The molecule has 0 N–H and O–H groups in total. The molecule has 16 heavy (non-hydrogen) atoms. The molecule has 6 heteroatoms. The summed E-state index contributed by atoms with van der Waals surface area (Å²) in [6, 6.07) is 4.29. The van der Waals surface area contributed by atoms with Gasteiger partial charge in [0.1, 0.15) is 0 Å². The van der Waals surface area contributed by atoms with Crippen molar-refractivity contribution in [3.8, 4) is 0 Å². The minimum atomic E-state index is -0.559. The molecule has 0 unspecified atom stereocenters. The number of hydrogen-bond acceptors (Lipinski definition) is 3. The predicted molar refractivity (Wildman–Crippen MR) is 54.6 cm³/mol. The molecule has 1 aromatic heterocycles. The molecule has 0 atom stereocenters. The van der Waals surface area contributed by atoms with E-state index in [4.69, 9.17) is 0 Å². The fraction of sp³-hybridized carbons (Fsp3) is 0.300. The van der Waals surface area contributed by atoms with Crippen LogP contribution in [0.4, 0.5) is 10.1 Å². The zero-order chi connectivity index (χ0) is 11.3. The van der Waals surface area contributed by atoms with Gasteiger partial charge in [-0.05, 0) is 18.9 Å². The Morgan fingerprint density at radius 3 is 2.88 bits per heavy atom. The molecule has 0 aliphatic heterocycles. The van der Waals surface area contributed by atoms with E-state index in [-0.39, 0.29) is 11.7 Å². The van der Waals surface area contributed by atoms with Gasteiger partial charge in [-0.1, -0.05) is 0 Å². The summed E-state index contributed by atoms with van der Waals surface area (Å²) in [4.78, 5) is 10.1. The Labute approximate surface area is 89.6 Å². The van der Waals surface area contributed by atoms with E-state index in [9.17, 15) is 14.5 Å². The van der Waals surface area contributed by atoms with Crippen molar-refractivity contribution in [2.45, 2.75) is 18.9 Å². The maximum absolute atomic E-state index is 13.4. The largest absolute Gasteiger partial charge is 0.271 e. The number of benzene rings is 1. The number of nitro groups is 1. The van der Waals surface area contributed by atoms with Gasteiger partial charge in [-0.25, -0.2) is 0 Å². The molecule has 1 saturated carbocycles. The van der Waals surface area contributed by atoms with Gasteiger partial charge in [0.2, 0.25) is 5.95 Å². The summed E-state index contributed by atoms with van der Waals surface area (Å²) in [5.74, 6) is -0.559. The Bertz CT molecular complexity index is 589. The third-order valence-corrected chi connectivity index (χ3v) is 2.75. The lowest BCUT2D eigenvalue weighted by atomic mass is 10.2. The Morgan fingerprint density at radius 1 is 1.50 bits per heavy atom. The summed E-state index contributed by atoms with van der Waals surface area (Å²) >= 11 is 0. The van der Waals surface area contributed by atoms with Crippen molar-refractivity contribution in [2.24, 2.45) is 0 Å². The molecule has 0 amide bonds. The van der Waals surface area contributed by atoms with E-state index in [1.807, 2.05) is 0 Å². The first-order valence-corrected chi connectivity index (χ1v) is 4.99. The third-order valence-electron chi connectivity index (χ3n) is 2.75. The van der Waals surface area contributed by atoms with Gasteiger partial charge in [-0.2, -0.15) is 4.39 Å². The number of fused-ring (bicyclic) bond motifs is 1. The van der Waals surface area contributed by atoms with Gasteiger partial charge in [0, 0.05) is 12.1 Å². The zero-order valence-corrected chi connectivity index (χ0v) is 8.26. The normalized spacial score (nSPS) is 15.6. The van der Waals surface area contributed by atoms with Crippen molar-refractivity contribution >= 4 is 16.6 Å². The standard InChI is InChI=1S/C10H8FN3O2/c11-10-8-4-3-7(14(15)16)5-9(8)13(12-10)6-1-2-6/h3-6H,1-2H2. The van der Waals surface area contributed by atoms with E-state index in [0.29, 0.717) is 10.9 Å². The van der Waals surface area contributed by atoms with E-state index in [1.165, 1.54) is 18.2 Å². The first-order valence-electron chi connectivity index (χ1n) is 4.99. The second-order valence-corrected chi connectivity index (χ2v) is 3.93. The highest BCUT2D eigenvalue weighted by atomic mass is 19.1. The number of hydrogen-bond donors (Lipinski definition) is 0. The van der Waals surface area contributed by atoms with E-state index in [0.717, 1.165) is 12.8 Å². The fourth-order valence-electron chi connectivity index (χ4n) is 1.80. The van der Waals surface area contributed by atoms with E-state index in [1.54, 1.807) is 4.68 Å². The molecular formula is C10H8FN3O2. The van der Waals surface area contributed by atoms with Crippen LogP contribution in [0.25, 0.3) is 10.9 Å². The van der Waals surface area contributed by atoms with E-state index in [2.05, 4.69) is 5.10 Å². The van der Waals surface area contributed by atoms with E-state index < -0.39 is 10.9 Å². The molecule has 5 nitrogen and oxygen atoms in total. The maximum Gasteiger partial charge on any atom is 0.271 e. The molecule has 1 heterocycles. The van der Waals surface area contributed by atoms with Crippen molar-refractivity contribution in [1.29, 1.82) is 0 Å². The number of halogens is 1. The van der Waals surface area contributed by atoms with E-state index >= 15 is 0 Å². The van der Waals surface area contributed by atoms with Crippen LogP contribution in [0.3, 0.4) is 0 Å². The van der Waals surface area contributed by atoms with Crippen molar-refractivity contribution in [3.05, 3.63) is 34.3 Å². The molecule has 1 aliphatic carbocycles. The molecule has 1 aromatic carbocycles. The number of aromatic nitrogens is 2. The van der Waals surface area contributed by atoms with Gasteiger partial charge in [0.05, 0.1) is 21.9 Å². The second-order valence-electron chi connectivity index (χ2n) is 3.93. The van der Waals surface area contributed by atoms with Crippen LogP contribution in [0.2, 0.25) is 0 Å². The highest BCUT2D eigenvalue weighted by molar-refractivity contribution is 5.81. The van der Waals surface area contributed by atoms with Crippen LogP contribution >= 0.6 is 0 Å². The van der Waals surface area contributed by atoms with Gasteiger partial charge in [-0.3, -0.25) is 14.8 Å². The summed E-state index contributed by atoms with van der Waals surface area (Å²) in [5, 5.41) is 14.8. The van der Waals surface area contributed by atoms with Crippen molar-refractivity contribution in [2.75, 3.05) is 0 Å². The van der Waals surface area contributed by atoms with Crippen LogP contribution in [0, 0.1) is 16.1 Å². The number of non-ortho nitro benzene ring substituents is 1. The molecule has 0 bridgehead atoms. The van der Waals surface area contributed by atoms with Crippen LogP contribution in [0.1, 0.15) is 18.9 Å². The van der Waals surface area contributed by atoms with Crippen LogP contribution in [0.15, 0.2) is 18.2 Å². The average molecular weight is 221 g/mol. The van der Waals surface area contributed by atoms with Crippen LogP contribution in [-0.2, 0) is 0 Å². The zero-order valence-electron chi connectivity index (χ0n) is 8.26. The summed E-state index contributed by atoms with van der Waals surface area (Å²) in [7, 11) is 0. The minimum absolute atomic E-state index is 0.0331. The lowest BCUT2D eigenvalue weighted by Gasteiger charge is -1.98. The highest BCUT2D eigenvalue weighted by Crippen LogP contribution is 2.37. The lowest BCUT2D eigenvalue weighted by molar-refractivity contribution is -0.384. The fourth-order valence-corrected chi connectivity index (χ4v) is 1.80. The van der Waals surface area contributed by atoms with Crippen LogP contribution < -0.4 is 0 Å². The first kappa shape index (κ1) is 9.26. The second kappa shape index (κ2) is 3.01. The quantitative estimate of drug-likeness (QED) is 0.578. The predicted octanol–water partition coefficient (Wildman–Crippen LogP) is 2.42. The van der Waals surface area contributed by atoms with Gasteiger partial charge in [0.25, 0.3) is 5.69 Å². The smallest absolute Gasteiger partial charge is 0.259 e. The van der Waals surface area contributed by atoms with Crippen LogP contribution in [-0.4, -0.2) is 14.7 Å². The summed E-state index contributed by atoms with van der Waals surface area (Å²) < 4.78 is 15.0. The lowest BCUT2D eigenvalue weighted by Crippen LogP contribution is -1.96. The van der Waals surface area contributed by atoms with Crippen LogP contribution in [0.5, 0.6) is 0 Å². The monoisotopic (exact) mass is 221 g/mol.